The van der Waals surface area contributed by atoms with Crippen LogP contribution in [-0.4, -0.2) is 36.6 Å². The largest absolute Gasteiger partial charge is 0.548 e. The molecule has 0 aliphatic rings. The number of rotatable bonds is 7. The van der Waals surface area contributed by atoms with Gasteiger partial charge in [0.25, 0.3) is 0 Å². The monoisotopic (exact) mass is 304 g/mol. The summed E-state index contributed by atoms with van der Waals surface area (Å²) in [5.74, 6) is -1.46. The van der Waals surface area contributed by atoms with Crippen molar-refractivity contribution in [3.05, 3.63) is 30.3 Å². The van der Waals surface area contributed by atoms with Gasteiger partial charge in [-0.15, -0.1) is 0 Å². The first-order chi connectivity index (χ1) is 8.83. The SMILES string of the molecule is C[S@@](=O)CC[C@@H](NS(=O)(=O)c1ccccc1)C(=O)[O-]. The highest BCUT2D eigenvalue weighted by atomic mass is 32.2. The fourth-order valence-corrected chi connectivity index (χ4v) is 3.17. The number of sulfonamides is 1. The molecule has 0 bridgehead atoms. The summed E-state index contributed by atoms with van der Waals surface area (Å²) in [7, 11) is -5.12. The van der Waals surface area contributed by atoms with Crippen LogP contribution < -0.4 is 9.83 Å². The minimum atomic E-state index is -3.92. The maximum absolute atomic E-state index is 11.9. The van der Waals surface area contributed by atoms with Crippen molar-refractivity contribution in [2.75, 3.05) is 12.0 Å². The van der Waals surface area contributed by atoms with Crippen LogP contribution in [0.5, 0.6) is 0 Å². The van der Waals surface area contributed by atoms with E-state index in [0.29, 0.717) is 0 Å². The highest BCUT2D eigenvalue weighted by molar-refractivity contribution is 7.89. The van der Waals surface area contributed by atoms with Crippen LogP contribution >= 0.6 is 0 Å². The van der Waals surface area contributed by atoms with E-state index in [1.165, 1.54) is 30.5 Å². The molecular formula is C11H14NO5S2-. The van der Waals surface area contributed by atoms with Crippen molar-refractivity contribution in [2.24, 2.45) is 0 Å². The van der Waals surface area contributed by atoms with Crippen LogP contribution in [0.15, 0.2) is 35.2 Å². The van der Waals surface area contributed by atoms with Gasteiger partial charge in [-0.1, -0.05) is 18.2 Å². The second-order valence-corrected chi connectivity index (χ2v) is 7.14. The van der Waals surface area contributed by atoms with Crippen LogP contribution in [0, 0.1) is 0 Å². The Morgan fingerprint density at radius 1 is 1.37 bits per heavy atom. The predicted molar refractivity (Wildman–Crippen MR) is 69.1 cm³/mol. The summed E-state index contributed by atoms with van der Waals surface area (Å²) < 4.78 is 36.8. The van der Waals surface area contributed by atoms with Gasteiger partial charge in [-0.05, 0) is 18.6 Å². The molecule has 19 heavy (non-hydrogen) atoms. The molecule has 6 nitrogen and oxygen atoms in total. The third-order valence-electron chi connectivity index (χ3n) is 2.33. The molecule has 2 atom stereocenters. The molecule has 8 heteroatoms. The van der Waals surface area contributed by atoms with Crippen LogP contribution in [0.1, 0.15) is 6.42 Å². The van der Waals surface area contributed by atoms with Crippen LogP contribution in [0.3, 0.4) is 0 Å². The van der Waals surface area contributed by atoms with E-state index in [2.05, 4.69) is 0 Å². The van der Waals surface area contributed by atoms with Crippen molar-refractivity contribution in [1.82, 2.24) is 4.72 Å². The first-order valence-electron chi connectivity index (χ1n) is 5.41. The standard InChI is InChI=1S/C11H15NO5S2/c1-18(15)8-7-10(11(13)14)12-19(16,17)9-5-3-2-4-6-9/h2-6,10,12H,7-8H2,1H3,(H,13,14)/p-1/t10-,18-/m1/s1. The lowest BCUT2D eigenvalue weighted by Crippen LogP contribution is -2.48. The number of carbonyl (C=O) groups is 1. The number of hydrogen-bond donors (Lipinski definition) is 1. The van der Waals surface area contributed by atoms with Gasteiger partial charge in [0.15, 0.2) is 0 Å². The van der Waals surface area contributed by atoms with E-state index >= 15 is 0 Å². The minimum Gasteiger partial charge on any atom is -0.548 e. The first-order valence-corrected chi connectivity index (χ1v) is 8.62. The maximum Gasteiger partial charge on any atom is 0.241 e. The summed E-state index contributed by atoms with van der Waals surface area (Å²) in [5, 5.41) is 10.9. The van der Waals surface area contributed by atoms with Gasteiger partial charge >= 0.3 is 0 Å². The Morgan fingerprint density at radius 2 is 1.95 bits per heavy atom. The van der Waals surface area contributed by atoms with Crippen molar-refractivity contribution in [3.63, 3.8) is 0 Å². The Bertz CT molecular complexity index is 556. The molecule has 0 unspecified atom stereocenters. The van der Waals surface area contributed by atoms with E-state index in [9.17, 15) is 22.5 Å². The smallest absolute Gasteiger partial charge is 0.241 e. The molecule has 1 aromatic carbocycles. The maximum atomic E-state index is 11.9. The van der Waals surface area contributed by atoms with Crippen LogP contribution in [-0.2, 0) is 25.6 Å². The summed E-state index contributed by atoms with van der Waals surface area (Å²) in [5.41, 5.74) is 0. The Morgan fingerprint density at radius 3 is 2.42 bits per heavy atom. The number of carbonyl (C=O) groups excluding carboxylic acids is 1. The van der Waals surface area contributed by atoms with Crippen molar-refractivity contribution in [1.29, 1.82) is 0 Å². The Labute approximate surface area is 114 Å². The van der Waals surface area contributed by atoms with Gasteiger partial charge in [-0.3, -0.25) is 4.21 Å². The molecule has 1 aromatic rings. The zero-order valence-corrected chi connectivity index (χ0v) is 11.9. The summed E-state index contributed by atoms with van der Waals surface area (Å²) in [6.45, 7) is 0. The third kappa shape index (κ3) is 5.09. The minimum absolute atomic E-state index is 0.0288. The molecule has 0 fully saturated rings. The average molecular weight is 304 g/mol. The van der Waals surface area contributed by atoms with Gasteiger partial charge in [0.1, 0.15) is 0 Å². The van der Waals surface area contributed by atoms with E-state index in [-0.39, 0.29) is 17.1 Å². The summed E-state index contributed by atoms with van der Waals surface area (Å²) in [6.07, 6.45) is 1.33. The molecule has 106 valence electrons. The Hall–Kier alpha value is -1.25. The number of aliphatic carboxylic acids is 1. The third-order valence-corrected chi connectivity index (χ3v) is 4.63. The molecule has 1 rings (SSSR count). The normalized spacial score (nSPS) is 14.8. The number of benzene rings is 1. The zero-order chi connectivity index (χ0) is 14.5. The summed E-state index contributed by atoms with van der Waals surface area (Å²) >= 11 is 0. The molecule has 0 aromatic heterocycles. The van der Waals surface area contributed by atoms with E-state index in [1.54, 1.807) is 6.07 Å². The lowest BCUT2D eigenvalue weighted by molar-refractivity contribution is -0.308. The second kappa shape index (κ2) is 6.78. The van der Waals surface area contributed by atoms with Crippen molar-refractivity contribution >= 4 is 26.8 Å². The fraction of sp³-hybridized carbons (Fsp3) is 0.364. The molecule has 0 heterocycles. The molecule has 0 spiro atoms. The number of carboxylic acid groups (broad SMARTS) is 1. The molecule has 1 N–H and O–H groups in total. The summed E-state index contributed by atoms with van der Waals surface area (Å²) in [6, 6.07) is 6.02. The van der Waals surface area contributed by atoms with Gasteiger partial charge in [-0.2, -0.15) is 0 Å². The predicted octanol–water partition coefficient (Wildman–Crippen LogP) is -1.15. The number of nitrogens with one attached hydrogen (secondary N) is 1. The van der Waals surface area contributed by atoms with Crippen LogP contribution in [0.4, 0.5) is 0 Å². The molecule has 0 saturated heterocycles. The molecule has 0 radical (unpaired) electrons. The molecule has 0 saturated carbocycles. The fourth-order valence-electron chi connectivity index (χ4n) is 1.36. The van der Waals surface area contributed by atoms with Crippen LogP contribution in [0.25, 0.3) is 0 Å². The first kappa shape index (κ1) is 15.8. The zero-order valence-electron chi connectivity index (χ0n) is 10.2. The van der Waals surface area contributed by atoms with E-state index in [0.717, 1.165) is 0 Å². The van der Waals surface area contributed by atoms with Gasteiger partial charge < -0.3 is 9.90 Å². The van der Waals surface area contributed by atoms with Crippen molar-refractivity contribution in [2.45, 2.75) is 17.4 Å². The number of hydrogen-bond acceptors (Lipinski definition) is 5. The van der Waals surface area contributed by atoms with E-state index in [1.807, 2.05) is 4.72 Å². The molecular weight excluding hydrogens is 290 g/mol. The molecule has 0 aliphatic heterocycles. The molecule has 0 amide bonds. The van der Waals surface area contributed by atoms with Gasteiger partial charge in [-0.25, -0.2) is 13.1 Å². The Balaban J connectivity index is 2.84. The van der Waals surface area contributed by atoms with E-state index in [4.69, 9.17) is 0 Å². The van der Waals surface area contributed by atoms with E-state index < -0.39 is 32.8 Å². The van der Waals surface area contributed by atoms with Gasteiger partial charge in [0.05, 0.1) is 16.9 Å². The lowest BCUT2D eigenvalue weighted by atomic mass is 10.2. The Kier molecular flexibility index (Phi) is 5.64. The van der Waals surface area contributed by atoms with Gasteiger partial charge in [0.2, 0.25) is 10.0 Å². The quantitative estimate of drug-likeness (QED) is 0.685. The lowest BCUT2D eigenvalue weighted by Gasteiger charge is -2.19. The number of carboxylic acids is 1. The van der Waals surface area contributed by atoms with Crippen molar-refractivity contribution < 1.29 is 22.5 Å². The highest BCUT2D eigenvalue weighted by Gasteiger charge is 2.20. The topological polar surface area (TPSA) is 103 Å². The molecule has 0 aliphatic carbocycles. The van der Waals surface area contributed by atoms with Crippen molar-refractivity contribution in [3.8, 4) is 0 Å². The highest BCUT2D eigenvalue weighted by Crippen LogP contribution is 2.09. The van der Waals surface area contributed by atoms with Crippen LogP contribution in [0.2, 0.25) is 0 Å². The second-order valence-electron chi connectivity index (χ2n) is 3.87. The summed E-state index contributed by atoms with van der Waals surface area (Å²) in [4.78, 5) is 10.9. The van der Waals surface area contributed by atoms with Gasteiger partial charge in [0, 0.05) is 22.8 Å². The average Bonchev–Trinajstić information content (AvgIpc) is 2.35.